The number of H-pyrrole nitrogens is 1. The molecule has 176 valence electrons. The minimum atomic E-state index is -0.173. The van der Waals surface area contributed by atoms with Crippen molar-refractivity contribution >= 4 is 22.5 Å². The average molecular weight is 469 g/mol. The molecule has 2 N–H and O–H groups in total. The molecule has 0 bridgehead atoms. The summed E-state index contributed by atoms with van der Waals surface area (Å²) in [6.07, 6.45) is 2.22. The monoisotopic (exact) mass is 468 g/mol. The summed E-state index contributed by atoms with van der Waals surface area (Å²) < 4.78 is 12.1. The third-order valence-corrected chi connectivity index (χ3v) is 5.95. The summed E-state index contributed by atoms with van der Waals surface area (Å²) in [5, 5.41) is 3.93. The van der Waals surface area contributed by atoms with Crippen molar-refractivity contribution in [1.82, 2.24) is 19.7 Å². The summed E-state index contributed by atoms with van der Waals surface area (Å²) in [5.41, 5.74) is 4.08. The standard InChI is InChI=1S/C27H24N4O4/c1-34-18-8-6-17(7-9-18)27(33)28-13-12-20-21-15-19(35-2)10-11-22(21)30-26(20)23-16-25(32)31-14-4-3-5-24(31)29-23/h3-11,14-16,30H,12-13H2,1-2H3,(H,28,33). The number of hydrogen-bond donors (Lipinski definition) is 2. The predicted molar refractivity (Wildman–Crippen MR) is 134 cm³/mol. The molecule has 0 atom stereocenters. The first kappa shape index (κ1) is 22.2. The molecule has 1 amide bonds. The van der Waals surface area contributed by atoms with Gasteiger partial charge in [-0.05, 0) is 66.6 Å². The maximum Gasteiger partial charge on any atom is 0.258 e. The van der Waals surface area contributed by atoms with Gasteiger partial charge in [-0.1, -0.05) is 6.07 Å². The lowest BCUT2D eigenvalue weighted by molar-refractivity contribution is 0.0954. The molecule has 35 heavy (non-hydrogen) atoms. The van der Waals surface area contributed by atoms with E-state index in [2.05, 4.69) is 10.3 Å². The normalized spacial score (nSPS) is 11.0. The lowest BCUT2D eigenvalue weighted by atomic mass is 10.0. The molecular formula is C27H24N4O4. The van der Waals surface area contributed by atoms with Crippen molar-refractivity contribution in [3.8, 4) is 22.9 Å². The Hall–Kier alpha value is -4.59. The van der Waals surface area contributed by atoms with Gasteiger partial charge in [-0.15, -0.1) is 0 Å². The molecule has 0 aliphatic rings. The third kappa shape index (κ3) is 4.33. The van der Waals surface area contributed by atoms with Gasteiger partial charge in [0.15, 0.2) is 0 Å². The van der Waals surface area contributed by atoms with Crippen LogP contribution < -0.4 is 20.3 Å². The summed E-state index contributed by atoms with van der Waals surface area (Å²) in [6, 6.07) is 19.7. The number of aromatic amines is 1. The molecule has 8 nitrogen and oxygen atoms in total. The van der Waals surface area contributed by atoms with E-state index < -0.39 is 0 Å². The Labute approximate surface area is 201 Å². The molecule has 0 radical (unpaired) electrons. The molecular weight excluding hydrogens is 444 g/mol. The predicted octanol–water partition coefficient (Wildman–Crippen LogP) is 3.83. The van der Waals surface area contributed by atoms with E-state index in [0.29, 0.717) is 35.6 Å². The number of methoxy groups -OCH3 is 2. The van der Waals surface area contributed by atoms with E-state index in [1.54, 1.807) is 56.8 Å². The molecule has 0 fully saturated rings. The van der Waals surface area contributed by atoms with Crippen LogP contribution in [0.15, 0.2) is 77.7 Å². The van der Waals surface area contributed by atoms with Crippen molar-refractivity contribution in [1.29, 1.82) is 0 Å². The van der Waals surface area contributed by atoms with Crippen LogP contribution in [-0.4, -0.2) is 41.0 Å². The number of rotatable bonds is 7. The molecule has 0 aliphatic heterocycles. The van der Waals surface area contributed by atoms with Gasteiger partial charge in [0.05, 0.1) is 25.6 Å². The topological polar surface area (TPSA) is 97.7 Å². The number of fused-ring (bicyclic) bond motifs is 2. The van der Waals surface area contributed by atoms with Crippen molar-refractivity contribution in [2.75, 3.05) is 20.8 Å². The molecule has 3 aromatic heterocycles. The van der Waals surface area contributed by atoms with E-state index >= 15 is 0 Å². The van der Waals surface area contributed by atoms with E-state index in [-0.39, 0.29) is 11.5 Å². The lowest BCUT2D eigenvalue weighted by Crippen LogP contribution is -2.25. The van der Waals surface area contributed by atoms with Crippen LogP contribution in [0.25, 0.3) is 27.9 Å². The highest BCUT2D eigenvalue weighted by molar-refractivity contribution is 5.94. The van der Waals surface area contributed by atoms with Crippen LogP contribution in [0, 0.1) is 0 Å². The maximum absolute atomic E-state index is 12.7. The summed E-state index contributed by atoms with van der Waals surface area (Å²) >= 11 is 0. The summed E-state index contributed by atoms with van der Waals surface area (Å²) in [7, 11) is 3.21. The molecule has 0 saturated carbocycles. The number of hydrogen-bond acceptors (Lipinski definition) is 5. The van der Waals surface area contributed by atoms with Crippen LogP contribution in [0.2, 0.25) is 0 Å². The van der Waals surface area contributed by atoms with E-state index in [1.165, 1.54) is 10.5 Å². The smallest absolute Gasteiger partial charge is 0.258 e. The molecule has 5 rings (SSSR count). The fourth-order valence-electron chi connectivity index (χ4n) is 4.16. The Morgan fingerprint density at radius 2 is 1.77 bits per heavy atom. The van der Waals surface area contributed by atoms with Gasteiger partial charge in [0, 0.05) is 35.3 Å². The van der Waals surface area contributed by atoms with Gasteiger partial charge in [0.2, 0.25) is 0 Å². The van der Waals surface area contributed by atoms with Crippen molar-refractivity contribution < 1.29 is 14.3 Å². The number of pyridine rings is 1. The number of nitrogens with zero attached hydrogens (tertiary/aromatic N) is 2. The van der Waals surface area contributed by atoms with E-state index in [1.807, 2.05) is 24.3 Å². The first-order valence-corrected chi connectivity index (χ1v) is 11.2. The molecule has 0 spiro atoms. The van der Waals surface area contributed by atoms with Crippen LogP contribution in [0.1, 0.15) is 15.9 Å². The van der Waals surface area contributed by atoms with Crippen molar-refractivity contribution in [3.05, 3.63) is 94.4 Å². The Morgan fingerprint density at radius 3 is 2.54 bits per heavy atom. The fraction of sp³-hybridized carbons (Fsp3) is 0.148. The molecule has 0 saturated heterocycles. The quantitative estimate of drug-likeness (QED) is 0.378. The van der Waals surface area contributed by atoms with Crippen LogP contribution in [0.4, 0.5) is 0 Å². The van der Waals surface area contributed by atoms with Crippen molar-refractivity contribution in [2.45, 2.75) is 6.42 Å². The SMILES string of the molecule is COc1ccc(C(=O)NCCc2c(-c3cc(=O)n4ccccc4n3)[nH]c3ccc(OC)cc23)cc1. The van der Waals surface area contributed by atoms with Crippen LogP contribution in [-0.2, 0) is 6.42 Å². The number of benzene rings is 2. The molecule has 3 heterocycles. The van der Waals surface area contributed by atoms with Gasteiger partial charge in [-0.3, -0.25) is 14.0 Å². The van der Waals surface area contributed by atoms with Crippen molar-refractivity contribution in [2.24, 2.45) is 0 Å². The van der Waals surface area contributed by atoms with Gasteiger partial charge >= 0.3 is 0 Å². The first-order valence-electron chi connectivity index (χ1n) is 11.2. The largest absolute Gasteiger partial charge is 0.497 e. The van der Waals surface area contributed by atoms with Crippen LogP contribution in [0.3, 0.4) is 0 Å². The Bertz CT molecular complexity index is 1590. The molecule has 0 unspecified atom stereocenters. The Kier molecular flexibility index (Phi) is 5.93. The maximum atomic E-state index is 12.7. The van der Waals surface area contributed by atoms with Gasteiger partial charge in [0.25, 0.3) is 11.5 Å². The highest BCUT2D eigenvalue weighted by Crippen LogP contribution is 2.32. The van der Waals surface area contributed by atoms with Gasteiger partial charge in [0.1, 0.15) is 17.1 Å². The Morgan fingerprint density at radius 1 is 1.00 bits per heavy atom. The minimum Gasteiger partial charge on any atom is -0.497 e. The summed E-state index contributed by atoms with van der Waals surface area (Å²) in [6.45, 7) is 0.397. The number of carbonyl (C=O) groups excluding carboxylic acids is 1. The van der Waals surface area contributed by atoms with Crippen LogP contribution in [0.5, 0.6) is 11.5 Å². The van der Waals surface area contributed by atoms with Gasteiger partial charge in [-0.25, -0.2) is 4.98 Å². The minimum absolute atomic E-state index is 0.166. The zero-order valence-electron chi connectivity index (χ0n) is 19.4. The number of carbonyl (C=O) groups is 1. The number of aromatic nitrogens is 3. The number of amides is 1. The average Bonchev–Trinajstić information content (AvgIpc) is 3.26. The number of ether oxygens (including phenoxy) is 2. The zero-order valence-corrected chi connectivity index (χ0v) is 19.4. The van der Waals surface area contributed by atoms with E-state index in [9.17, 15) is 9.59 Å². The van der Waals surface area contributed by atoms with E-state index in [4.69, 9.17) is 14.5 Å². The Balaban J connectivity index is 1.49. The highest BCUT2D eigenvalue weighted by Gasteiger charge is 2.17. The first-order chi connectivity index (χ1) is 17.1. The molecule has 2 aromatic carbocycles. The molecule has 5 aromatic rings. The van der Waals surface area contributed by atoms with Gasteiger partial charge in [-0.2, -0.15) is 0 Å². The van der Waals surface area contributed by atoms with Crippen molar-refractivity contribution in [3.63, 3.8) is 0 Å². The number of nitrogens with one attached hydrogen (secondary N) is 2. The summed E-state index contributed by atoms with van der Waals surface area (Å²) in [5.74, 6) is 1.24. The molecule has 0 aliphatic carbocycles. The lowest BCUT2D eigenvalue weighted by Gasteiger charge is -2.09. The summed E-state index contributed by atoms with van der Waals surface area (Å²) in [4.78, 5) is 33.5. The van der Waals surface area contributed by atoms with E-state index in [0.717, 1.165) is 27.9 Å². The third-order valence-electron chi connectivity index (χ3n) is 5.95. The van der Waals surface area contributed by atoms with Crippen LogP contribution >= 0.6 is 0 Å². The zero-order chi connectivity index (χ0) is 24.4. The molecule has 8 heteroatoms. The second kappa shape index (κ2) is 9.34. The fourth-order valence-corrected chi connectivity index (χ4v) is 4.16. The highest BCUT2D eigenvalue weighted by atomic mass is 16.5. The second-order valence-corrected chi connectivity index (χ2v) is 8.03. The second-order valence-electron chi connectivity index (χ2n) is 8.03. The van der Waals surface area contributed by atoms with Gasteiger partial charge < -0.3 is 19.8 Å².